The van der Waals surface area contributed by atoms with Crippen molar-refractivity contribution in [3.63, 3.8) is 0 Å². The highest BCUT2D eigenvalue weighted by Crippen LogP contribution is 2.26. The lowest BCUT2D eigenvalue weighted by Gasteiger charge is -2.08. The standard InChI is InChI=1S/C12H15NO3/c1-8(7-9(2)14)10-5-6-11(15-3)13-12(10)16-4/h5-7H,1-4H3. The summed E-state index contributed by atoms with van der Waals surface area (Å²) in [5.74, 6) is 0.931. The topological polar surface area (TPSA) is 48.4 Å². The van der Waals surface area contributed by atoms with E-state index in [-0.39, 0.29) is 5.78 Å². The van der Waals surface area contributed by atoms with Crippen LogP contribution in [-0.4, -0.2) is 25.0 Å². The lowest BCUT2D eigenvalue weighted by atomic mass is 10.1. The number of nitrogens with zero attached hydrogens (tertiary/aromatic N) is 1. The molecule has 0 saturated heterocycles. The van der Waals surface area contributed by atoms with E-state index in [1.807, 2.05) is 13.0 Å². The van der Waals surface area contributed by atoms with Crippen molar-refractivity contribution in [3.05, 3.63) is 23.8 Å². The van der Waals surface area contributed by atoms with Crippen molar-refractivity contribution in [2.24, 2.45) is 0 Å². The number of carbonyl (C=O) groups is 1. The van der Waals surface area contributed by atoms with Crippen molar-refractivity contribution in [2.45, 2.75) is 13.8 Å². The highest BCUT2D eigenvalue weighted by atomic mass is 16.5. The van der Waals surface area contributed by atoms with Crippen molar-refractivity contribution < 1.29 is 14.3 Å². The normalized spacial score (nSPS) is 11.1. The van der Waals surface area contributed by atoms with Crippen LogP contribution < -0.4 is 9.47 Å². The number of rotatable bonds is 4. The molecule has 86 valence electrons. The molecule has 0 aromatic carbocycles. The zero-order chi connectivity index (χ0) is 12.1. The van der Waals surface area contributed by atoms with E-state index in [1.54, 1.807) is 19.3 Å². The van der Waals surface area contributed by atoms with Crippen molar-refractivity contribution in [1.29, 1.82) is 0 Å². The number of hydrogen-bond acceptors (Lipinski definition) is 4. The number of ether oxygens (including phenoxy) is 2. The second-order valence-corrected chi connectivity index (χ2v) is 3.35. The molecule has 4 nitrogen and oxygen atoms in total. The molecule has 0 aliphatic rings. The van der Waals surface area contributed by atoms with Crippen LogP contribution in [0.25, 0.3) is 5.57 Å². The fraction of sp³-hybridized carbons (Fsp3) is 0.333. The second kappa shape index (κ2) is 5.30. The van der Waals surface area contributed by atoms with Gasteiger partial charge in [-0.05, 0) is 31.6 Å². The summed E-state index contributed by atoms with van der Waals surface area (Å²) in [7, 11) is 3.08. The van der Waals surface area contributed by atoms with Gasteiger partial charge in [-0.15, -0.1) is 0 Å². The van der Waals surface area contributed by atoms with Crippen molar-refractivity contribution >= 4 is 11.4 Å². The van der Waals surface area contributed by atoms with Gasteiger partial charge < -0.3 is 9.47 Å². The fourth-order valence-electron chi connectivity index (χ4n) is 1.38. The number of methoxy groups -OCH3 is 2. The SMILES string of the molecule is COc1ccc(C(C)=CC(C)=O)c(OC)n1. The zero-order valence-corrected chi connectivity index (χ0v) is 9.90. The van der Waals surface area contributed by atoms with Gasteiger partial charge in [0.05, 0.1) is 14.2 Å². The van der Waals surface area contributed by atoms with Gasteiger partial charge >= 0.3 is 0 Å². The summed E-state index contributed by atoms with van der Waals surface area (Å²) in [6.07, 6.45) is 1.55. The van der Waals surface area contributed by atoms with E-state index in [9.17, 15) is 4.79 Å². The van der Waals surface area contributed by atoms with Crippen LogP contribution in [0.15, 0.2) is 18.2 Å². The van der Waals surface area contributed by atoms with E-state index < -0.39 is 0 Å². The minimum atomic E-state index is -0.00429. The molecule has 0 amide bonds. The first kappa shape index (κ1) is 12.2. The van der Waals surface area contributed by atoms with Gasteiger partial charge in [-0.1, -0.05) is 0 Å². The highest BCUT2D eigenvalue weighted by molar-refractivity contribution is 5.95. The molecule has 0 unspecified atom stereocenters. The Hall–Kier alpha value is -1.84. The summed E-state index contributed by atoms with van der Waals surface area (Å²) in [4.78, 5) is 15.1. The Kier molecular flexibility index (Phi) is 4.05. The molecule has 16 heavy (non-hydrogen) atoms. The smallest absolute Gasteiger partial charge is 0.224 e. The average molecular weight is 221 g/mol. The van der Waals surface area contributed by atoms with Gasteiger partial charge in [0.2, 0.25) is 11.8 Å². The molecule has 0 aliphatic carbocycles. The molecule has 1 rings (SSSR count). The molecule has 0 fully saturated rings. The third kappa shape index (κ3) is 2.82. The minimum Gasteiger partial charge on any atom is -0.481 e. The maximum atomic E-state index is 11.0. The van der Waals surface area contributed by atoms with Crippen LogP contribution in [0.3, 0.4) is 0 Å². The molecular weight excluding hydrogens is 206 g/mol. The zero-order valence-electron chi connectivity index (χ0n) is 9.90. The Morgan fingerprint density at radius 1 is 1.25 bits per heavy atom. The molecule has 0 spiro atoms. The Morgan fingerprint density at radius 2 is 1.94 bits per heavy atom. The van der Waals surface area contributed by atoms with Crippen LogP contribution in [0, 0.1) is 0 Å². The summed E-state index contributed by atoms with van der Waals surface area (Å²) >= 11 is 0. The van der Waals surface area contributed by atoms with Crippen molar-refractivity contribution in [3.8, 4) is 11.8 Å². The molecule has 0 saturated carbocycles. The Labute approximate surface area is 94.9 Å². The minimum absolute atomic E-state index is 0.00429. The molecule has 0 N–H and O–H groups in total. The van der Waals surface area contributed by atoms with Gasteiger partial charge in [0.25, 0.3) is 0 Å². The molecule has 0 radical (unpaired) electrons. The van der Waals surface area contributed by atoms with Crippen LogP contribution in [0.5, 0.6) is 11.8 Å². The van der Waals surface area contributed by atoms with E-state index in [0.717, 1.165) is 11.1 Å². The lowest BCUT2D eigenvalue weighted by molar-refractivity contribution is -0.112. The van der Waals surface area contributed by atoms with Gasteiger partial charge in [-0.3, -0.25) is 4.79 Å². The van der Waals surface area contributed by atoms with Gasteiger partial charge in [-0.2, -0.15) is 4.98 Å². The molecule has 0 bridgehead atoms. The number of carbonyl (C=O) groups excluding carboxylic acids is 1. The van der Waals surface area contributed by atoms with Crippen molar-refractivity contribution in [1.82, 2.24) is 4.98 Å². The van der Waals surface area contributed by atoms with Crippen LogP contribution in [0.2, 0.25) is 0 Å². The summed E-state index contributed by atoms with van der Waals surface area (Å²) < 4.78 is 10.1. The van der Waals surface area contributed by atoms with Gasteiger partial charge in [0.1, 0.15) is 0 Å². The van der Waals surface area contributed by atoms with Crippen molar-refractivity contribution in [2.75, 3.05) is 14.2 Å². The van der Waals surface area contributed by atoms with E-state index in [0.29, 0.717) is 11.8 Å². The van der Waals surface area contributed by atoms with Crippen LogP contribution >= 0.6 is 0 Å². The maximum absolute atomic E-state index is 11.0. The number of pyridine rings is 1. The number of hydrogen-bond donors (Lipinski definition) is 0. The first-order valence-corrected chi connectivity index (χ1v) is 4.86. The lowest BCUT2D eigenvalue weighted by Crippen LogP contribution is -1.97. The van der Waals surface area contributed by atoms with Crippen LogP contribution in [0.1, 0.15) is 19.4 Å². The quantitative estimate of drug-likeness (QED) is 0.730. The molecule has 1 heterocycles. The summed E-state index contributed by atoms with van der Waals surface area (Å²) in [6.45, 7) is 3.35. The van der Waals surface area contributed by atoms with E-state index >= 15 is 0 Å². The summed E-state index contributed by atoms with van der Waals surface area (Å²) in [6, 6.07) is 3.55. The van der Waals surface area contributed by atoms with Crippen LogP contribution in [-0.2, 0) is 4.79 Å². The largest absolute Gasteiger partial charge is 0.481 e. The van der Waals surface area contributed by atoms with Gasteiger partial charge in [0.15, 0.2) is 5.78 Å². The fourth-order valence-corrected chi connectivity index (χ4v) is 1.38. The Bertz CT molecular complexity index is 424. The number of allylic oxidation sites excluding steroid dienone is 2. The predicted molar refractivity (Wildman–Crippen MR) is 61.7 cm³/mol. The third-order valence-electron chi connectivity index (χ3n) is 2.08. The number of ketones is 1. The predicted octanol–water partition coefficient (Wildman–Crippen LogP) is 2.09. The van der Waals surface area contributed by atoms with Gasteiger partial charge in [-0.25, -0.2) is 0 Å². The van der Waals surface area contributed by atoms with E-state index in [2.05, 4.69) is 4.98 Å². The summed E-state index contributed by atoms with van der Waals surface area (Å²) in [5.41, 5.74) is 1.61. The van der Waals surface area contributed by atoms with Crippen LogP contribution in [0.4, 0.5) is 0 Å². The molecule has 1 aromatic heterocycles. The maximum Gasteiger partial charge on any atom is 0.224 e. The summed E-state index contributed by atoms with van der Waals surface area (Å²) in [5, 5.41) is 0. The molecule has 0 aliphatic heterocycles. The first-order valence-electron chi connectivity index (χ1n) is 4.86. The highest BCUT2D eigenvalue weighted by Gasteiger charge is 2.08. The monoisotopic (exact) mass is 221 g/mol. The molecule has 4 heteroatoms. The Morgan fingerprint density at radius 3 is 2.44 bits per heavy atom. The third-order valence-corrected chi connectivity index (χ3v) is 2.08. The second-order valence-electron chi connectivity index (χ2n) is 3.35. The molecule has 1 aromatic rings. The first-order chi connectivity index (χ1) is 7.58. The average Bonchev–Trinajstić information content (AvgIpc) is 2.27. The van der Waals surface area contributed by atoms with E-state index in [1.165, 1.54) is 14.0 Å². The Balaban J connectivity index is 3.18. The van der Waals surface area contributed by atoms with Gasteiger partial charge in [0, 0.05) is 11.6 Å². The van der Waals surface area contributed by atoms with E-state index in [4.69, 9.17) is 9.47 Å². The molecular formula is C12H15NO3. The molecule has 0 atom stereocenters. The number of aromatic nitrogens is 1.